The highest BCUT2D eigenvalue weighted by Crippen LogP contribution is 2.38. The van der Waals surface area contributed by atoms with E-state index in [9.17, 15) is 30.7 Å². The first-order valence-electron chi connectivity index (χ1n) is 6.35. The Kier molecular flexibility index (Phi) is 5.26. The lowest BCUT2D eigenvalue weighted by Crippen LogP contribution is -2.07. The lowest BCUT2D eigenvalue weighted by Gasteiger charge is -2.12. The number of hydrogen-bond donors (Lipinski definition) is 0. The molecule has 0 N–H and O–H groups in total. The van der Waals surface area contributed by atoms with Gasteiger partial charge >= 0.3 is 12.4 Å². The standard InChI is InChI=1S/C14H4Cl2F7N3/c15-8-2-7(13(18,19)20)3-9(16)12(8)26-5-6(10(4-24)25-26)1-11(17)14(21,22)23/h1-3,5H. The fourth-order valence-corrected chi connectivity index (χ4v) is 2.52. The Labute approximate surface area is 150 Å². The molecule has 0 bridgehead atoms. The van der Waals surface area contributed by atoms with Gasteiger partial charge in [0.1, 0.15) is 11.8 Å². The van der Waals surface area contributed by atoms with Crippen LogP contribution < -0.4 is 0 Å². The summed E-state index contributed by atoms with van der Waals surface area (Å²) in [7, 11) is 0. The Bertz CT molecular complexity index is 897. The predicted molar refractivity (Wildman–Crippen MR) is 78.4 cm³/mol. The quantitative estimate of drug-likeness (QED) is 0.567. The molecule has 1 heterocycles. The maximum Gasteiger partial charge on any atom is 0.442 e. The molecule has 2 rings (SSSR count). The fourth-order valence-electron chi connectivity index (χ4n) is 1.86. The van der Waals surface area contributed by atoms with Gasteiger partial charge in [-0.3, -0.25) is 0 Å². The largest absolute Gasteiger partial charge is 0.442 e. The number of rotatable bonds is 2. The number of aromatic nitrogens is 2. The zero-order valence-electron chi connectivity index (χ0n) is 12.1. The number of alkyl halides is 6. The lowest BCUT2D eigenvalue weighted by molar-refractivity contribution is -0.137. The molecule has 0 aliphatic rings. The number of nitriles is 1. The first kappa shape index (κ1) is 20.1. The third-order valence-electron chi connectivity index (χ3n) is 2.97. The summed E-state index contributed by atoms with van der Waals surface area (Å²) >= 11 is 11.5. The highest BCUT2D eigenvalue weighted by molar-refractivity contribution is 6.37. The Morgan fingerprint density at radius 2 is 1.65 bits per heavy atom. The van der Waals surface area contributed by atoms with Crippen molar-refractivity contribution in [1.29, 1.82) is 5.26 Å². The zero-order valence-corrected chi connectivity index (χ0v) is 13.6. The highest BCUT2D eigenvalue weighted by Gasteiger charge is 2.35. The number of benzene rings is 1. The number of nitrogens with zero attached hydrogens (tertiary/aromatic N) is 3. The molecule has 0 amide bonds. The molecule has 1 aromatic heterocycles. The maximum atomic E-state index is 13.1. The van der Waals surface area contributed by atoms with Gasteiger partial charge in [-0.05, 0) is 18.2 Å². The van der Waals surface area contributed by atoms with Crippen LogP contribution in [0.15, 0.2) is 24.2 Å². The third kappa shape index (κ3) is 4.11. The molecule has 0 atom stereocenters. The molecular formula is C14H4Cl2F7N3. The van der Waals surface area contributed by atoms with Crippen LogP contribution in [0.4, 0.5) is 30.7 Å². The van der Waals surface area contributed by atoms with Crippen LogP contribution in [0.2, 0.25) is 10.0 Å². The maximum absolute atomic E-state index is 13.1. The summed E-state index contributed by atoms with van der Waals surface area (Å²) in [6, 6.07) is 2.50. The van der Waals surface area contributed by atoms with Gasteiger partial charge in [-0.2, -0.15) is 36.7 Å². The molecule has 2 aromatic rings. The summed E-state index contributed by atoms with van der Waals surface area (Å²) in [5.74, 6) is -2.49. The second-order valence-corrected chi connectivity index (χ2v) is 5.58. The minimum atomic E-state index is -5.28. The lowest BCUT2D eigenvalue weighted by atomic mass is 10.2. The molecule has 0 fully saturated rings. The Hall–Kier alpha value is -2.25. The van der Waals surface area contributed by atoms with Crippen molar-refractivity contribution in [3.8, 4) is 11.8 Å². The van der Waals surface area contributed by atoms with Gasteiger partial charge in [0.25, 0.3) is 0 Å². The first-order chi connectivity index (χ1) is 11.8. The summed E-state index contributed by atoms with van der Waals surface area (Å²) < 4.78 is 88.8. The molecule has 0 saturated carbocycles. The van der Waals surface area contributed by atoms with Crippen molar-refractivity contribution in [2.45, 2.75) is 12.4 Å². The van der Waals surface area contributed by atoms with E-state index >= 15 is 0 Å². The van der Waals surface area contributed by atoms with E-state index in [-0.39, 0.29) is 11.8 Å². The van der Waals surface area contributed by atoms with Crippen molar-refractivity contribution in [3.63, 3.8) is 0 Å². The van der Waals surface area contributed by atoms with E-state index in [1.165, 1.54) is 6.07 Å². The van der Waals surface area contributed by atoms with E-state index in [1.807, 2.05) is 0 Å². The molecule has 0 aliphatic heterocycles. The number of halogens is 9. The molecule has 3 nitrogen and oxygen atoms in total. The molecule has 0 saturated heterocycles. The van der Waals surface area contributed by atoms with Crippen LogP contribution in [0.3, 0.4) is 0 Å². The van der Waals surface area contributed by atoms with Crippen LogP contribution in [0.5, 0.6) is 0 Å². The number of allylic oxidation sites excluding steroid dienone is 1. The molecule has 1 aromatic carbocycles. The van der Waals surface area contributed by atoms with Gasteiger partial charge in [0.2, 0.25) is 5.83 Å². The van der Waals surface area contributed by atoms with Crippen molar-refractivity contribution < 1.29 is 30.7 Å². The fraction of sp³-hybridized carbons (Fsp3) is 0.143. The van der Waals surface area contributed by atoms with E-state index < -0.39 is 45.0 Å². The van der Waals surface area contributed by atoms with Crippen LogP contribution in [-0.2, 0) is 6.18 Å². The minimum absolute atomic E-state index is 0.0218. The van der Waals surface area contributed by atoms with Crippen molar-refractivity contribution >= 4 is 29.3 Å². The monoisotopic (exact) mass is 417 g/mol. The van der Waals surface area contributed by atoms with Gasteiger partial charge in [-0.25, -0.2) is 9.07 Å². The third-order valence-corrected chi connectivity index (χ3v) is 3.55. The van der Waals surface area contributed by atoms with E-state index in [4.69, 9.17) is 28.5 Å². The molecule has 0 spiro atoms. The van der Waals surface area contributed by atoms with Gasteiger partial charge in [-0.1, -0.05) is 23.2 Å². The Balaban J connectivity index is 2.60. The van der Waals surface area contributed by atoms with Crippen LogP contribution in [-0.4, -0.2) is 16.0 Å². The summed E-state index contributed by atoms with van der Waals surface area (Å²) in [6.07, 6.45) is -9.21. The van der Waals surface area contributed by atoms with Crippen molar-refractivity contribution in [3.05, 3.63) is 51.0 Å². The number of hydrogen-bond acceptors (Lipinski definition) is 2. The summed E-state index contributed by atoms with van der Waals surface area (Å²) in [4.78, 5) is 0. The normalized spacial score (nSPS) is 13.0. The average molecular weight is 418 g/mol. The molecule has 26 heavy (non-hydrogen) atoms. The van der Waals surface area contributed by atoms with Crippen LogP contribution in [0.25, 0.3) is 11.8 Å². The summed E-state index contributed by atoms with van der Waals surface area (Å²) in [5, 5.41) is 11.4. The minimum Gasteiger partial charge on any atom is -0.236 e. The second-order valence-electron chi connectivity index (χ2n) is 4.77. The topological polar surface area (TPSA) is 41.6 Å². The van der Waals surface area contributed by atoms with Gasteiger partial charge in [0.05, 0.1) is 15.6 Å². The summed E-state index contributed by atoms with van der Waals surface area (Å²) in [6.45, 7) is 0. The van der Waals surface area contributed by atoms with Gasteiger partial charge < -0.3 is 0 Å². The molecule has 138 valence electrons. The zero-order chi connectivity index (χ0) is 19.9. The SMILES string of the molecule is N#Cc1nn(-c2c(Cl)cc(C(F)(F)F)cc2Cl)cc1C=C(F)C(F)(F)F. The smallest absolute Gasteiger partial charge is 0.236 e. The van der Waals surface area contributed by atoms with Crippen molar-refractivity contribution in [2.24, 2.45) is 0 Å². The van der Waals surface area contributed by atoms with Gasteiger partial charge in [0.15, 0.2) is 5.69 Å². The van der Waals surface area contributed by atoms with Crippen molar-refractivity contribution in [1.82, 2.24) is 9.78 Å². The Morgan fingerprint density at radius 3 is 2.08 bits per heavy atom. The van der Waals surface area contributed by atoms with E-state index in [0.717, 1.165) is 6.20 Å². The highest BCUT2D eigenvalue weighted by atomic mass is 35.5. The first-order valence-corrected chi connectivity index (χ1v) is 7.11. The van der Waals surface area contributed by atoms with Crippen molar-refractivity contribution in [2.75, 3.05) is 0 Å². The van der Waals surface area contributed by atoms with Gasteiger partial charge in [-0.15, -0.1) is 0 Å². The van der Waals surface area contributed by atoms with Crippen LogP contribution in [0, 0.1) is 11.3 Å². The van der Waals surface area contributed by atoms with E-state index in [1.54, 1.807) is 0 Å². The average Bonchev–Trinajstić information content (AvgIpc) is 2.87. The molecule has 12 heteroatoms. The van der Waals surface area contributed by atoms with Gasteiger partial charge in [0, 0.05) is 11.8 Å². The van der Waals surface area contributed by atoms with Crippen LogP contribution in [0.1, 0.15) is 16.8 Å². The van der Waals surface area contributed by atoms with Crippen LogP contribution >= 0.6 is 23.2 Å². The second kappa shape index (κ2) is 6.81. The predicted octanol–water partition coefficient (Wildman–Crippen LogP) is 5.94. The van der Waals surface area contributed by atoms with E-state index in [2.05, 4.69) is 5.10 Å². The Morgan fingerprint density at radius 1 is 1.12 bits per heavy atom. The molecular weight excluding hydrogens is 414 g/mol. The summed E-state index contributed by atoms with van der Waals surface area (Å²) in [5.41, 5.74) is -2.65. The molecule has 0 unspecified atom stereocenters. The molecule has 0 aliphatic carbocycles. The van der Waals surface area contributed by atoms with E-state index in [0.29, 0.717) is 16.8 Å². The molecule has 0 radical (unpaired) electrons.